The third-order valence-electron chi connectivity index (χ3n) is 3.04. The average Bonchev–Trinajstić information content (AvgIpc) is 2.89. The highest BCUT2D eigenvalue weighted by Crippen LogP contribution is 2.28. The summed E-state index contributed by atoms with van der Waals surface area (Å²) in [5, 5.41) is 1.10. The molecule has 0 bridgehead atoms. The fraction of sp³-hybridized carbons (Fsp3) is 0.125. The Kier molecular flexibility index (Phi) is 4.15. The molecular weight excluding hydrogens is 334 g/mol. The number of hydrogen-bond acceptors (Lipinski definition) is 3. The molecular formula is C16H14BrNOS. The second-order valence-electron chi connectivity index (χ2n) is 4.56. The molecule has 1 heterocycles. The van der Waals surface area contributed by atoms with Gasteiger partial charge in [-0.1, -0.05) is 40.2 Å². The molecule has 0 aliphatic rings. The van der Waals surface area contributed by atoms with Crippen LogP contribution in [0.4, 0.5) is 0 Å². The number of nitrogens with two attached hydrogens (primary N) is 1. The van der Waals surface area contributed by atoms with Crippen LogP contribution in [0.15, 0.2) is 68.4 Å². The predicted molar refractivity (Wildman–Crippen MR) is 88.0 cm³/mol. The number of hydrogen-bond donors (Lipinski definition) is 1. The third-order valence-corrected chi connectivity index (χ3v) is 4.64. The van der Waals surface area contributed by atoms with Crippen LogP contribution in [-0.4, -0.2) is 5.75 Å². The molecule has 0 saturated heterocycles. The van der Waals surface area contributed by atoms with Gasteiger partial charge in [0.05, 0.1) is 6.04 Å². The Morgan fingerprint density at radius 2 is 1.95 bits per heavy atom. The zero-order valence-electron chi connectivity index (χ0n) is 10.8. The highest BCUT2D eigenvalue weighted by atomic mass is 79.9. The number of thioether (sulfide) groups is 1. The number of furan rings is 1. The van der Waals surface area contributed by atoms with Crippen LogP contribution in [0, 0.1) is 0 Å². The summed E-state index contributed by atoms with van der Waals surface area (Å²) in [6, 6.07) is 18.1. The normalized spacial score (nSPS) is 12.7. The van der Waals surface area contributed by atoms with Crippen molar-refractivity contribution in [3.63, 3.8) is 0 Å². The van der Waals surface area contributed by atoms with Crippen LogP contribution in [0.3, 0.4) is 0 Å². The number of fused-ring (bicyclic) bond motifs is 1. The van der Waals surface area contributed by atoms with Crippen molar-refractivity contribution in [2.24, 2.45) is 5.73 Å². The first-order valence-corrected chi connectivity index (χ1v) is 8.12. The minimum absolute atomic E-state index is 0.105. The molecule has 1 aromatic heterocycles. The minimum Gasteiger partial charge on any atom is -0.459 e. The van der Waals surface area contributed by atoms with Crippen molar-refractivity contribution < 1.29 is 4.42 Å². The molecule has 2 aromatic carbocycles. The van der Waals surface area contributed by atoms with Gasteiger partial charge in [0.1, 0.15) is 11.3 Å². The first-order chi connectivity index (χ1) is 9.72. The summed E-state index contributed by atoms with van der Waals surface area (Å²) in [5.74, 6) is 1.63. The minimum atomic E-state index is -0.105. The van der Waals surface area contributed by atoms with Crippen molar-refractivity contribution in [2.45, 2.75) is 10.9 Å². The molecule has 4 heteroatoms. The van der Waals surface area contributed by atoms with Crippen LogP contribution in [0.25, 0.3) is 11.0 Å². The fourth-order valence-corrected chi connectivity index (χ4v) is 3.48. The second-order valence-corrected chi connectivity index (χ2v) is 6.57. The summed E-state index contributed by atoms with van der Waals surface area (Å²) in [5.41, 5.74) is 7.11. The maximum absolute atomic E-state index is 6.22. The van der Waals surface area contributed by atoms with Gasteiger partial charge in [-0.05, 0) is 30.3 Å². The Balaban J connectivity index is 1.71. The molecule has 2 N–H and O–H groups in total. The number of halogens is 1. The summed E-state index contributed by atoms with van der Waals surface area (Å²) in [6.07, 6.45) is 0. The molecule has 0 saturated carbocycles. The molecule has 20 heavy (non-hydrogen) atoms. The van der Waals surface area contributed by atoms with Crippen LogP contribution in [0.1, 0.15) is 11.8 Å². The first kappa shape index (κ1) is 13.7. The molecule has 2 nitrogen and oxygen atoms in total. The Labute approximate surface area is 130 Å². The van der Waals surface area contributed by atoms with Crippen molar-refractivity contribution in [1.29, 1.82) is 0 Å². The molecule has 0 spiro atoms. The maximum atomic E-state index is 6.22. The Hall–Kier alpha value is -1.23. The summed E-state index contributed by atoms with van der Waals surface area (Å²) < 4.78 is 6.88. The Bertz CT molecular complexity index is 692. The van der Waals surface area contributed by atoms with E-state index in [1.54, 1.807) is 11.8 Å². The van der Waals surface area contributed by atoms with Gasteiger partial charge in [0.2, 0.25) is 0 Å². The van der Waals surface area contributed by atoms with Crippen LogP contribution >= 0.6 is 27.7 Å². The van der Waals surface area contributed by atoms with Crippen molar-refractivity contribution >= 4 is 38.7 Å². The van der Waals surface area contributed by atoms with Gasteiger partial charge in [0.15, 0.2) is 0 Å². The van der Waals surface area contributed by atoms with Gasteiger partial charge in [0, 0.05) is 20.5 Å². The van der Waals surface area contributed by atoms with Crippen molar-refractivity contribution in [1.82, 2.24) is 0 Å². The number of rotatable bonds is 4. The van der Waals surface area contributed by atoms with Gasteiger partial charge in [-0.2, -0.15) is 0 Å². The third kappa shape index (κ3) is 3.08. The molecule has 0 aliphatic heterocycles. The highest BCUT2D eigenvalue weighted by molar-refractivity contribution is 9.10. The fourth-order valence-electron chi connectivity index (χ4n) is 2.01. The monoisotopic (exact) mass is 347 g/mol. The molecule has 0 aliphatic carbocycles. The smallest absolute Gasteiger partial charge is 0.134 e. The van der Waals surface area contributed by atoms with Gasteiger partial charge in [-0.3, -0.25) is 0 Å². The largest absolute Gasteiger partial charge is 0.459 e. The van der Waals surface area contributed by atoms with Crippen molar-refractivity contribution in [3.05, 3.63) is 64.8 Å². The van der Waals surface area contributed by atoms with Gasteiger partial charge in [-0.25, -0.2) is 0 Å². The van der Waals surface area contributed by atoms with Crippen LogP contribution in [0.2, 0.25) is 0 Å². The van der Waals surface area contributed by atoms with Crippen LogP contribution < -0.4 is 5.73 Å². The lowest BCUT2D eigenvalue weighted by Crippen LogP contribution is -2.11. The molecule has 0 fully saturated rings. The van der Waals surface area contributed by atoms with E-state index in [1.165, 1.54) is 4.90 Å². The van der Waals surface area contributed by atoms with E-state index < -0.39 is 0 Å². The van der Waals surface area contributed by atoms with Crippen molar-refractivity contribution in [3.8, 4) is 0 Å². The molecule has 3 aromatic rings. The van der Waals surface area contributed by atoms with Gasteiger partial charge in [0.25, 0.3) is 0 Å². The van der Waals surface area contributed by atoms with E-state index in [1.807, 2.05) is 42.5 Å². The van der Waals surface area contributed by atoms with Crippen molar-refractivity contribution in [2.75, 3.05) is 5.75 Å². The Morgan fingerprint density at radius 3 is 2.75 bits per heavy atom. The van der Waals surface area contributed by atoms with Crippen LogP contribution in [-0.2, 0) is 0 Å². The summed E-state index contributed by atoms with van der Waals surface area (Å²) in [7, 11) is 0. The average molecular weight is 348 g/mol. The molecule has 0 radical (unpaired) electrons. The van der Waals surface area contributed by atoms with E-state index in [9.17, 15) is 0 Å². The van der Waals surface area contributed by atoms with E-state index in [2.05, 4.69) is 28.1 Å². The number of para-hydroxylation sites is 1. The van der Waals surface area contributed by atoms with Gasteiger partial charge in [-0.15, -0.1) is 11.8 Å². The summed E-state index contributed by atoms with van der Waals surface area (Å²) in [4.78, 5) is 1.20. The van der Waals surface area contributed by atoms with E-state index in [0.717, 1.165) is 27.0 Å². The number of benzene rings is 2. The second kappa shape index (κ2) is 6.04. The molecule has 3 rings (SSSR count). The first-order valence-electron chi connectivity index (χ1n) is 6.35. The van der Waals surface area contributed by atoms with E-state index in [0.29, 0.717) is 0 Å². The van der Waals surface area contributed by atoms with Crippen LogP contribution in [0.5, 0.6) is 0 Å². The van der Waals surface area contributed by atoms with E-state index >= 15 is 0 Å². The SMILES string of the molecule is NC(CSc1cccc(Br)c1)c1cc2ccccc2o1. The zero-order chi connectivity index (χ0) is 13.9. The maximum Gasteiger partial charge on any atom is 0.134 e. The Morgan fingerprint density at radius 1 is 1.10 bits per heavy atom. The highest BCUT2D eigenvalue weighted by Gasteiger charge is 2.12. The van der Waals surface area contributed by atoms with Gasteiger partial charge < -0.3 is 10.2 Å². The molecule has 1 unspecified atom stereocenters. The summed E-state index contributed by atoms with van der Waals surface area (Å²) in [6.45, 7) is 0. The lowest BCUT2D eigenvalue weighted by Gasteiger charge is -2.08. The summed E-state index contributed by atoms with van der Waals surface area (Å²) >= 11 is 5.21. The zero-order valence-corrected chi connectivity index (χ0v) is 13.2. The van der Waals surface area contributed by atoms with Gasteiger partial charge >= 0.3 is 0 Å². The lowest BCUT2D eigenvalue weighted by atomic mass is 10.2. The lowest BCUT2D eigenvalue weighted by molar-refractivity contribution is 0.516. The quantitative estimate of drug-likeness (QED) is 0.676. The molecule has 102 valence electrons. The predicted octanol–water partition coefficient (Wildman–Crippen LogP) is 4.99. The topological polar surface area (TPSA) is 39.2 Å². The van der Waals surface area contributed by atoms with E-state index in [-0.39, 0.29) is 6.04 Å². The standard InChI is InChI=1S/C16H14BrNOS/c17-12-5-3-6-13(9-12)20-10-14(18)16-8-11-4-1-2-7-15(11)19-16/h1-9,14H,10,18H2. The molecule has 1 atom stereocenters. The van der Waals surface area contributed by atoms with E-state index in [4.69, 9.17) is 10.2 Å². The molecule has 0 amide bonds.